The Morgan fingerprint density at radius 2 is 2.00 bits per heavy atom. The van der Waals surface area contributed by atoms with Crippen LogP contribution in [0.1, 0.15) is 33.6 Å². The Hall–Kier alpha value is -1.30. The zero-order valence-corrected chi connectivity index (χ0v) is 12.0. The second kappa shape index (κ2) is 6.23. The highest BCUT2D eigenvalue weighted by Gasteiger charge is 2.48. The largest absolute Gasteiger partial charge is 0.480 e. The molecule has 0 aromatic carbocycles. The predicted octanol–water partition coefficient (Wildman–Crippen LogP) is 1.21. The number of carboxylic acid groups (broad SMARTS) is 1. The van der Waals surface area contributed by atoms with Gasteiger partial charge in [-0.15, -0.1) is 0 Å². The van der Waals surface area contributed by atoms with E-state index in [-0.39, 0.29) is 17.9 Å². The summed E-state index contributed by atoms with van der Waals surface area (Å²) in [4.78, 5) is 23.3. The van der Waals surface area contributed by atoms with E-state index >= 15 is 0 Å². The summed E-state index contributed by atoms with van der Waals surface area (Å²) in [6.07, 6.45) is 1.68. The summed E-state index contributed by atoms with van der Waals surface area (Å²) in [5.41, 5.74) is -1.18. The van der Waals surface area contributed by atoms with Crippen molar-refractivity contribution in [2.45, 2.75) is 45.2 Å². The topological polar surface area (TPSA) is 87.7 Å². The molecule has 2 amide bonds. The molecule has 19 heavy (non-hydrogen) atoms. The number of ether oxygens (including phenoxy) is 1. The molecule has 1 aliphatic carbocycles. The van der Waals surface area contributed by atoms with E-state index in [9.17, 15) is 14.7 Å². The highest BCUT2D eigenvalue weighted by Crippen LogP contribution is 2.39. The highest BCUT2D eigenvalue weighted by atomic mass is 16.5. The van der Waals surface area contributed by atoms with Gasteiger partial charge in [0, 0.05) is 7.11 Å². The van der Waals surface area contributed by atoms with Gasteiger partial charge < -0.3 is 20.5 Å². The van der Waals surface area contributed by atoms with Crippen LogP contribution in [0.5, 0.6) is 0 Å². The molecule has 0 bridgehead atoms. The predicted molar refractivity (Wildman–Crippen MR) is 70.9 cm³/mol. The molecule has 1 rings (SSSR count). The van der Waals surface area contributed by atoms with Crippen LogP contribution in [0.2, 0.25) is 0 Å². The average Bonchev–Trinajstić information content (AvgIpc) is 3.11. The monoisotopic (exact) mass is 272 g/mol. The molecule has 0 aromatic rings. The maximum Gasteiger partial charge on any atom is 0.329 e. The zero-order chi connectivity index (χ0) is 14.6. The number of aliphatic carboxylic acids is 1. The normalized spacial score (nSPS) is 19.6. The molecule has 2 unspecified atom stereocenters. The molecular weight excluding hydrogens is 248 g/mol. The second-order valence-corrected chi connectivity index (χ2v) is 5.69. The highest BCUT2D eigenvalue weighted by molar-refractivity contribution is 5.86. The first-order valence-electron chi connectivity index (χ1n) is 6.62. The third-order valence-corrected chi connectivity index (χ3v) is 3.68. The van der Waals surface area contributed by atoms with Crippen molar-refractivity contribution in [2.24, 2.45) is 11.8 Å². The van der Waals surface area contributed by atoms with Gasteiger partial charge in [-0.1, -0.05) is 13.8 Å². The van der Waals surface area contributed by atoms with Crippen molar-refractivity contribution in [1.29, 1.82) is 0 Å². The molecule has 6 heteroatoms. The second-order valence-electron chi connectivity index (χ2n) is 5.69. The Balaban J connectivity index is 2.59. The van der Waals surface area contributed by atoms with Gasteiger partial charge in [0.2, 0.25) is 0 Å². The summed E-state index contributed by atoms with van der Waals surface area (Å²) in [6, 6.07) is -0.588. The van der Waals surface area contributed by atoms with Gasteiger partial charge >= 0.3 is 12.0 Å². The molecule has 6 nitrogen and oxygen atoms in total. The Kier molecular flexibility index (Phi) is 5.17. The fourth-order valence-corrected chi connectivity index (χ4v) is 2.01. The molecule has 0 aromatic heterocycles. The first-order valence-corrected chi connectivity index (χ1v) is 6.62. The summed E-state index contributed by atoms with van der Waals surface area (Å²) >= 11 is 0. The molecule has 0 saturated heterocycles. The molecule has 1 aliphatic rings. The maximum absolute atomic E-state index is 11.9. The molecule has 1 fully saturated rings. The minimum Gasteiger partial charge on any atom is -0.480 e. The molecule has 0 aliphatic heterocycles. The Labute approximate surface area is 113 Å². The van der Waals surface area contributed by atoms with Crippen LogP contribution in [0.3, 0.4) is 0 Å². The molecule has 1 saturated carbocycles. The summed E-state index contributed by atoms with van der Waals surface area (Å²) in [5, 5.41) is 14.6. The first-order chi connectivity index (χ1) is 8.81. The number of amides is 2. The van der Waals surface area contributed by atoms with E-state index in [4.69, 9.17) is 4.74 Å². The molecular formula is C13H24N2O4. The van der Waals surface area contributed by atoms with Crippen LogP contribution in [0.15, 0.2) is 0 Å². The zero-order valence-electron chi connectivity index (χ0n) is 12.0. The van der Waals surface area contributed by atoms with Crippen molar-refractivity contribution in [1.82, 2.24) is 10.6 Å². The van der Waals surface area contributed by atoms with Crippen molar-refractivity contribution < 1.29 is 19.4 Å². The maximum atomic E-state index is 11.9. The van der Waals surface area contributed by atoms with E-state index < -0.39 is 17.5 Å². The van der Waals surface area contributed by atoms with E-state index in [0.717, 1.165) is 12.8 Å². The van der Waals surface area contributed by atoms with E-state index in [1.165, 1.54) is 0 Å². The number of carboxylic acids is 1. The number of carbonyl (C=O) groups excluding carboxylic acids is 1. The van der Waals surface area contributed by atoms with Gasteiger partial charge in [-0.05, 0) is 31.6 Å². The van der Waals surface area contributed by atoms with Crippen LogP contribution < -0.4 is 10.6 Å². The summed E-state index contributed by atoms with van der Waals surface area (Å²) < 4.78 is 5.04. The minimum absolute atomic E-state index is 0.0238. The van der Waals surface area contributed by atoms with Gasteiger partial charge in [0.25, 0.3) is 0 Å². The number of urea groups is 1. The number of carbonyl (C=O) groups is 2. The van der Waals surface area contributed by atoms with Crippen molar-refractivity contribution in [3.63, 3.8) is 0 Å². The van der Waals surface area contributed by atoms with Crippen LogP contribution in [-0.4, -0.2) is 42.4 Å². The first kappa shape index (κ1) is 15.8. The van der Waals surface area contributed by atoms with Gasteiger partial charge in [-0.25, -0.2) is 9.59 Å². The lowest BCUT2D eigenvalue weighted by atomic mass is 9.96. The quantitative estimate of drug-likeness (QED) is 0.650. The fraction of sp³-hybridized carbons (Fsp3) is 0.846. The summed E-state index contributed by atoms with van der Waals surface area (Å²) in [7, 11) is 1.57. The van der Waals surface area contributed by atoms with E-state index in [1.807, 2.05) is 13.8 Å². The van der Waals surface area contributed by atoms with Crippen LogP contribution in [-0.2, 0) is 9.53 Å². The van der Waals surface area contributed by atoms with Gasteiger partial charge in [0.15, 0.2) is 0 Å². The SMILES string of the molecule is COCC(NC(=O)NC(C)(C(=O)O)C1CC1)C(C)C. The molecule has 110 valence electrons. The van der Waals surface area contributed by atoms with Gasteiger partial charge in [-0.2, -0.15) is 0 Å². The van der Waals surface area contributed by atoms with Gasteiger partial charge in [-0.3, -0.25) is 0 Å². The van der Waals surface area contributed by atoms with Crippen molar-refractivity contribution in [2.75, 3.05) is 13.7 Å². The number of nitrogens with one attached hydrogen (secondary N) is 2. The lowest BCUT2D eigenvalue weighted by Crippen LogP contribution is -2.59. The standard InChI is InChI=1S/C13H24N2O4/c1-8(2)10(7-19-4)14-12(18)15-13(3,11(16)17)9-5-6-9/h8-10H,5-7H2,1-4H3,(H,16,17)(H2,14,15,18). The smallest absolute Gasteiger partial charge is 0.329 e. The number of hydrogen-bond acceptors (Lipinski definition) is 3. The van der Waals surface area contributed by atoms with Crippen LogP contribution in [0.4, 0.5) is 4.79 Å². The minimum atomic E-state index is -1.18. The Morgan fingerprint density at radius 3 is 2.37 bits per heavy atom. The van der Waals surface area contributed by atoms with Crippen molar-refractivity contribution >= 4 is 12.0 Å². The van der Waals surface area contributed by atoms with Crippen molar-refractivity contribution in [3.05, 3.63) is 0 Å². The van der Waals surface area contributed by atoms with Gasteiger partial charge in [0.1, 0.15) is 5.54 Å². The number of methoxy groups -OCH3 is 1. The van der Waals surface area contributed by atoms with Crippen LogP contribution >= 0.6 is 0 Å². The van der Waals surface area contributed by atoms with E-state index in [1.54, 1.807) is 14.0 Å². The molecule has 3 N–H and O–H groups in total. The number of hydrogen-bond donors (Lipinski definition) is 3. The lowest BCUT2D eigenvalue weighted by Gasteiger charge is -2.28. The average molecular weight is 272 g/mol. The Bertz CT molecular complexity index is 342. The summed E-state index contributed by atoms with van der Waals surface area (Å²) in [5.74, 6) is -0.753. The molecule has 0 spiro atoms. The molecule has 2 atom stereocenters. The van der Waals surface area contributed by atoms with E-state index in [2.05, 4.69) is 10.6 Å². The molecule has 0 radical (unpaired) electrons. The fourth-order valence-electron chi connectivity index (χ4n) is 2.01. The lowest BCUT2D eigenvalue weighted by molar-refractivity contribution is -0.144. The molecule has 0 heterocycles. The Morgan fingerprint density at radius 1 is 1.42 bits per heavy atom. The number of rotatable bonds is 7. The third-order valence-electron chi connectivity index (χ3n) is 3.68. The van der Waals surface area contributed by atoms with Gasteiger partial charge in [0.05, 0.1) is 12.6 Å². The summed E-state index contributed by atoms with van der Waals surface area (Å²) in [6.45, 7) is 5.91. The van der Waals surface area contributed by atoms with E-state index in [0.29, 0.717) is 6.61 Å². The van der Waals surface area contributed by atoms with Crippen molar-refractivity contribution in [3.8, 4) is 0 Å². The van der Waals surface area contributed by atoms with Crippen LogP contribution in [0.25, 0.3) is 0 Å². The van der Waals surface area contributed by atoms with Crippen LogP contribution in [0, 0.1) is 11.8 Å². The third kappa shape index (κ3) is 4.09.